The van der Waals surface area contributed by atoms with Crippen LogP contribution in [0, 0.1) is 0 Å². The van der Waals surface area contributed by atoms with Crippen molar-refractivity contribution >= 4 is 17.6 Å². The number of nitrogens with one attached hydrogen (secondary N) is 1. The summed E-state index contributed by atoms with van der Waals surface area (Å²) in [6, 6.07) is 4.02. The summed E-state index contributed by atoms with van der Waals surface area (Å²) in [5.74, 6) is -0.197. The van der Waals surface area contributed by atoms with Crippen LogP contribution in [0.4, 0.5) is 5.69 Å². The average molecular weight is 362 g/mol. The number of amides is 1. The highest BCUT2D eigenvalue weighted by atomic mass is 16.5. The molecule has 3 heterocycles. The van der Waals surface area contributed by atoms with Gasteiger partial charge < -0.3 is 15.0 Å². The maximum absolute atomic E-state index is 13.1. The van der Waals surface area contributed by atoms with E-state index in [2.05, 4.69) is 20.1 Å². The fourth-order valence-electron chi connectivity index (χ4n) is 3.69. The van der Waals surface area contributed by atoms with Gasteiger partial charge in [-0.05, 0) is 12.1 Å². The third kappa shape index (κ3) is 4.38. The highest BCUT2D eigenvalue weighted by Gasteiger charge is 2.41. The molecule has 0 radical (unpaired) electrons. The predicted molar refractivity (Wildman–Crippen MR) is 97.6 cm³/mol. The number of piperazine rings is 2. The molecule has 26 heavy (non-hydrogen) atoms. The van der Waals surface area contributed by atoms with Crippen molar-refractivity contribution < 1.29 is 18.8 Å². The lowest BCUT2D eigenvalue weighted by Gasteiger charge is -2.41. The molecule has 0 aromatic carbocycles. The molecule has 0 aliphatic carbocycles. The molecule has 0 unspecified atom stereocenters. The largest absolute Gasteiger partial charge is 0.465 e. The molecule has 1 amide bonds. The van der Waals surface area contributed by atoms with Crippen molar-refractivity contribution in [2.24, 2.45) is 0 Å². The Morgan fingerprint density at radius 2 is 1.81 bits per heavy atom. The fourth-order valence-corrected chi connectivity index (χ4v) is 3.69. The molecule has 142 valence electrons. The van der Waals surface area contributed by atoms with E-state index in [-0.39, 0.29) is 22.9 Å². The number of quaternary nitrogens is 1. The van der Waals surface area contributed by atoms with E-state index < -0.39 is 0 Å². The molecular formula is C18H28N5O3+. The van der Waals surface area contributed by atoms with Crippen LogP contribution in [0.2, 0.25) is 0 Å². The molecule has 8 heteroatoms. The number of carbonyl (C=O) groups excluding carboxylic acids is 2. The normalized spacial score (nSPS) is 20.6. The lowest BCUT2D eigenvalue weighted by atomic mass is 10.2. The Kier molecular flexibility index (Phi) is 6.18. The van der Waals surface area contributed by atoms with Crippen LogP contribution in [0.3, 0.4) is 0 Å². The van der Waals surface area contributed by atoms with E-state index in [1.54, 1.807) is 12.4 Å². The van der Waals surface area contributed by atoms with Crippen molar-refractivity contribution in [3.63, 3.8) is 0 Å². The Morgan fingerprint density at radius 3 is 2.42 bits per heavy atom. The van der Waals surface area contributed by atoms with Crippen molar-refractivity contribution in [1.82, 2.24) is 15.2 Å². The first-order chi connectivity index (χ1) is 12.6. The average Bonchev–Trinajstić information content (AvgIpc) is 2.70. The number of ether oxygens (including phenoxy) is 1. The molecule has 2 aliphatic heterocycles. The minimum atomic E-state index is -0.317. The summed E-state index contributed by atoms with van der Waals surface area (Å²) in [6.07, 6.45) is 3.60. The SMILES string of the molecule is COC(=O)C[N+]1(C(=O)CN2CCN(c3ccncc3)CC2)CCNCC1. The summed E-state index contributed by atoms with van der Waals surface area (Å²) in [4.78, 5) is 33.5. The van der Waals surface area contributed by atoms with E-state index in [0.29, 0.717) is 19.6 Å². The summed E-state index contributed by atoms with van der Waals surface area (Å²) in [7, 11) is 1.38. The Morgan fingerprint density at radius 1 is 1.15 bits per heavy atom. The van der Waals surface area contributed by atoms with Crippen LogP contribution in [-0.2, 0) is 14.3 Å². The molecule has 1 aromatic heterocycles. The minimum absolute atomic E-state index is 0.120. The summed E-state index contributed by atoms with van der Waals surface area (Å²) < 4.78 is 5.03. The van der Waals surface area contributed by atoms with Gasteiger partial charge in [0.25, 0.3) is 0 Å². The lowest BCUT2D eigenvalue weighted by molar-refractivity contribution is -0.849. The molecule has 0 atom stereocenters. The molecular weight excluding hydrogens is 334 g/mol. The summed E-state index contributed by atoms with van der Waals surface area (Å²) >= 11 is 0. The van der Waals surface area contributed by atoms with Crippen LogP contribution >= 0.6 is 0 Å². The van der Waals surface area contributed by atoms with Gasteiger partial charge in [-0.2, -0.15) is 0 Å². The predicted octanol–water partition coefficient (Wildman–Crippen LogP) is -0.677. The molecule has 0 bridgehead atoms. The quantitative estimate of drug-likeness (QED) is 0.550. The molecule has 8 nitrogen and oxygen atoms in total. The zero-order valence-corrected chi connectivity index (χ0v) is 15.4. The lowest BCUT2D eigenvalue weighted by Crippen LogP contribution is -2.66. The number of nitrogens with zero attached hydrogens (tertiary/aromatic N) is 4. The van der Waals surface area contributed by atoms with Gasteiger partial charge in [0.15, 0.2) is 6.54 Å². The van der Waals surface area contributed by atoms with Gasteiger partial charge in [0.2, 0.25) is 0 Å². The Hall–Kier alpha value is -2.03. The smallest absolute Gasteiger partial charge is 0.362 e. The maximum atomic E-state index is 13.1. The first-order valence-corrected chi connectivity index (χ1v) is 9.17. The molecule has 0 spiro atoms. The number of hydrogen-bond acceptors (Lipinski definition) is 7. The van der Waals surface area contributed by atoms with Gasteiger partial charge in [-0.25, -0.2) is 14.1 Å². The first-order valence-electron chi connectivity index (χ1n) is 9.17. The van der Waals surface area contributed by atoms with E-state index >= 15 is 0 Å². The van der Waals surface area contributed by atoms with Crippen molar-refractivity contribution in [1.29, 1.82) is 0 Å². The first kappa shape index (κ1) is 18.8. The Balaban J connectivity index is 1.57. The monoisotopic (exact) mass is 362 g/mol. The van der Waals surface area contributed by atoms with Gasteiger partial charge in [0, 0.05) is 57.3 Å². The van der Waals surface area contributed by atoms with Crippen LogP contribution in [-0.4, -0.2) is 98.8 Å². The van der Waals surface area contributed by atoms with Crippen LogP contribution in [0.1, 0.15) is 0 Å². The minimum Gasteiger partial charge on any atom is -0.465 e. The van der Waals surface area contributed by atoms with E-state index in [1.165, 1.54) is 12.8 Å². The maximum Gasteiger partial charge on any atom is 0.362 e. The molecule has 2 fully saturated rings. The zero-order valence-electron chi connectivity index (χ0n) is 15.4. The number of carbonyl (C=O) groups is 2. The van der Waals surface area contributed by atoms with Crippen molar-refractivity contribution in [3.05, 3.63) is 24.5 Å². The fraction of sp³-hybridized carbons (Fsp3) is 0.611. The molecule has 1 N–H and O–H groups in total. The second-order valence-corrected chi connectivity index (χ2v) is 6.94. The van der Waals surface area contributed by atoms with E-state index in [0.717, 1.165) is 39.3 Å². The summed E-state index contributed by atoms with van der Waals surface area (Å²) in [6.45, 7) is 6.75. The van der Waals surface area contributed by atoms with E-state index in [4.69, 9.17) is 4.74 Å². The number of methoxy groups -OCH3 is 1. The third-order valence-corrected chi connectivity index (χ3v) is 5.38. The number of rotatable bonds is 5. The van der Waals surface area contributed by atoms with E-state index in [1.807, 2.05) is 12.1 Å². The highest BCUT2D eigenvalue weighted by molar-refractivity contribution is 5.77. The van der Waals surface area contributed by atoms with Gasteiger partial charge in [-0.15, -0.1) is 0 Å². The molecule has 0 saturated carbocycles. The van der Waals surface area contributed by atoms with Crippen LogP contribution in [0.15, 0.2) is 24.5 Å². The van der Waals surface area contributed by atoms with Gasteiger partial charge in [0.1, 0.15) is 6.54 Å². The van der Waals surface area contributed by atoms with Crippen LogP contribution < -0.4 is 10.2 Å². The topological polar surface area (TPSA) is 74.8 Å². The van der Waals surface area contributed by atoms with Crippen LogP contribution in [0.25, 0.3) is 0 Å². The van der Waals surface area contributed by atoms with E-state index in [9.17, 15) is 9.59 Å². The molecule has 1 aromatic rings. The third-order valence-electron chi connectivity index (χ3n) is 5.38. The second kappa shape index (κ2) is 8.57. The summed E-state index contributed by atoms with van der Waals surface area (Å²) in [5, 5.41) is 3.27. The molecule has 3 rings (SSSR count). The summed E-state index contributed by atoms with van der Waals surface area (Å²) in [5.41, 5.74) is 1.17. The van der Waals surface area contributed by atoms with Gasteiger partial charge in [-0.1, -0.05) is 0 Å². The molecule has 2 aliphatic rings. The van der Waals surface area contributed by atoms with Gasteiger partial charge in [-0.3, -0.25) is 9.88 Å². The van der Waals surface area contributed by atoms with Crippen molar-refractivity contribution in [2.75, 3.05) is 77.5 Å². The molecule has 2 saturated heterocycles. The van der Waals surface area contributed by atoms with Gasteiger partial charge in [0.05, 0.1) is 20.2 Å². The van der Waals surface area contributed by atoms with Crippen molar-refractivity contribution in [3.8, 4) is 0 Å². The van der Waals surface area contributed by atoms with Gasteiger partial charge >= 0.3 is 11.9 Å². The number of anilines is 1. The van der Waals surface area contributed by atoms with Crippen molar-refractivity contribution in [2.45, 2.75) is 0 Å². The highest BCUT2D eigenvalue weighted by Crippen LogP contribution is 2.16. The standard InChI is InChI=1S/C18H28N5O3/c1-26-18(25)15-23(12-6-20-7-13-23)17(24)14-21-8-10-22(11-9-21)16-2-4-19-5-3-16/h2-5,20H,6-15H2,1H3/q+1. The number of hydrogen-bond donors (Lipinski definition) is 1. The number of esters is 1. The number of aromatic nitrogens is 1. The zero-order chi connectivity index (χ0) is 18.4. The van der Waals surface area contributed by atoms with Crippen LogP contribution in [0.5, 0.6) is 0 Å². The Labute approximate surface area is 154 Å². The number of pyridine rings is 1. The second-order valence-electron chi connectivity index (χ2n) is 6.94. The Bertz CT molecular complexity index is 611.